The average Bonchev–Trinajstić information content (AvgIpc) is 3.11. The van der Waals surface area contributed by atoms with E-state index in [2.05, 4.69) is 5.32 Å². The van der Waals surface area contributed by atoms with Crippen LogP contribution in [0.2, 0.25) is 0 Å². The molecule has 4 aromatic rings. The number of carbonyl (C=O) groups excluding carboxylic acids is 1. The summed E-state index contributed by atoms with van der Waals surface area (Å²) in [4.78, 5) is 30.4. The van der Waals surface area contributed by atoms with E-state index in [1.807, 2.05) is 63.2 Å². The van der Waals surface area contributed by atoms with Crippen molar-refractivity contribution < 1.29 is 9.21 Å². The number of fused-ring (bicyclic) bond motifs is 3. The molecule has 0 atom stereocenters. The molecule has 4 rings (SSSR count). The van der Waals surface area contributed by atoms with Crippen molar-refractivity contribution in [1.29, 1.82) is 0 Å². The number of nitrogens with one attached hydrogen (secondary N) is 1. The molecule has 2 heterocycles. The largest absolute Gasteiger partial charge is 0.448 e. The molecule has 0 saturated carbocycles. The first-order valence-corrected chi connectivity index (χ1v) is 10.9. The highest BCUT2D eigenvalue weighted by Crippen LogP contribution is 2.27. The van der Waals surface area contributed by atoms with Gasteiger partial charge in [0.25, 0.3) is 5.56 Å². The van der Waals surface area contributed by atoms with Gasteiger partial charge in [-0.05, 0) is 43.5 Å². The maximum Gasteiger partial charge on any atom is 0.297 e. The summed E-state index contributed by atoms with van der Waals surface area (Å²) in [6.07, 6.45) is 0.773. The summed E-state index contributed by atoms with van der Waals surface area (Å²) in [5, 5.41) is 4.31. The van der Waals surface area contributed by atoms with Crippen molar-refractivity contribution in [1.82, 2.24) is 9.55 Å². The van der Waals surface area contributed by atoms with Gasteiger partial charge in [-0.15, -0.1) is 0 Å². The summed E-state index contributed by atoms with van der Waals surface area (Å²) in [6, 6.07) is 13.4. The molecular weight excluding hydrogens is 398 g/mol. The second-order valence-corrected chi connectivity index (χ2v) is 8.17. The Morgan fingerprint density at radius 2 is 1.87 bits per heavy atom. The first-order valence-electron chi connectivity index (χ1n) is 9.90. The van der Waals surface area contributed by atoms with Crippen molar-refractivity contribution >= 4 is 45.4 Å². The molecule has 0 aliphatic rings. The van der Waals surface area contributed by atoms with E-state index in [9.17, 15) is 9.59 Å². The highest BCUT2D eigenvalue weighted by Gasteiger charge is 2.18. The van der Waals surface area contributed by atoms with Gasteiger partial charge in [-0.25, -0.2) is 4.98 Å². The van der Waals surface area contributed by atoms with E-state index in [0.717, 1.165) is 28.6 Å². The van der Waals surface area contributed by atoms with Gasteiger partial charge in [0.05, 0.1) is 5.75 Å². The Morgan fingerprint density at radius 1 is 1.13 bits per heavy atom. The van der Waals surface area contributed by atoms with Crippen LogP contribution in [-0.4, -0.2) is 21.2 Å². The van der Waals surface area contributed by atoms with Crippen LogP contribution < -0.4 is 10.9 Å². The number of rotatable bonds is 6. The van der Waals surface area contributed by atoms with Crippen molar-refractivity contribution in [3.63, 3.8) is 0 Å². The summed E-state index contributed by atoms with van der Waals surface area (Å²) in [7, 11) is 0. The van der Waals surface area contributed by atoms with Gasteiger partial charge in [0.1, 0.15) is 11.1 Å². The maximum absolute atomic E-state index is 13.0. The van der Waals surface area contributed by atoms with Crippen molar-refractivity contribution in [2.24, 2.45) is 0 Å². The van der Waals surface area contributed by atoms with Gasteiger partial charge in [-0.1, -0.05) is 49.0 Å². The smallest absolute Gasteiger partial charge is 0.297 e. The van der Waals surface area contributed by atoms with Crippen LogP contribution in [0.3, 0.4) is 0 Å². The lowest BCUT2D eigenvalue weighted by atomic mass is 10.1. The summed E-state index contributed by atoms with van der Waals surface area (Å²) >= 11 is 1.27. The number of aryl methyl sites for hydroxylation is 2. The third kappa shape index (κ3) is 3.73. The summed E-state index contributed by atoms with van der Waals surface area (Å²) in [5.41, 5.74) is 4.08. The number of carbonyl (C=O) groups is 1. The molecule has 0 unspecified atom stereocenters. The normalized spacial score (nSPS) is 11.3. The third-order valence-corrected chi connectivity index (χ3v) is 5.95. The Labute approximate surface area is 178 Å². The Balaban J connectivity index is 1.66. The highest BCUT2D eigenvalue weighted by molar-refractivity contribution is 7.99. The first kappa shape index (κ1) is 20.2. The molecule has 2 aromatic heterocycles. The molecule has 7 heteroatoms. The van der Waals surface area contributed by atoms with Crippen LogP contribution in [-0.2, 0) is 11.3 Å². The summed E-state index contributed by atoms with van der Waals surface area (Å²) in [5.74, 6) is 0.0254. The molecule has 0 radical (unpaired) electrons. The highest BCUT2D eigenvalue weighted by atomic mass is 32.2. The summed E-state index contributed by atoms with van der Waals surface area (Å²) < 4.78 is 7.37. The predicted octanol–water partition coefficient (Wildman–Crippen LogP) is 4.90. The molecule has 2 aromatic carbocycles. The van der Waals surface area contributed by atoms with Crippen molar-refractivity contribution in [2.75, 3.05) is 11.1 Å². The molecule has 30 heavy (non-hydrogen) atoms. The number of nitrogens with zero attached hydrogens (tertiary/aromatic N) is 2. The predicted molar refractivity (Wildman–Crippen MR) is 121 cm³/mol. The lowest BCUT2D eigenvalue weighted by molar-refractivity contribution is -0.113. The monoisotopic (exact) mass is 421 g/mol. The zero-order chi connectivity index (χ0) is 21.3. The molecule has 6 nitrogen and oxygen atoms in total. The maximum atomic E-state index is 13.0. The fourth-order valence-electron chi connectivity index (χ4n) is 3.50. The van der Waals surface area contributed by atoms with E-state index in [1.165, 1.54) is 11.8 Å². The molecule has 0 aliphatic carbocycles. The van der Waals surface area contributed by atoms with Gasteiger partial charge in [0.15, 0.2) is 5.16 Å². The Morgan fingerprint density at radius 3 is 2.60 bits per heavy atom. The van der Waals surface area contributed by atoms with Crippen LogP contribution in [0.15, 0.2) is 56.8 Å². The number of aromatic nitrogens is 2. The van der Waals surface area contributed by atoms with Crippen LogP contribution >= 0.6 is 11.8 Å². The van der Waals surface area contributed by atoms with E-state index in [1.54, 1.807) is 4.57 Å². The molecule has 0 bridgehead atoms. The third-order valence-electron chi connectivity index (χ3n) is 4.97. The van der Waals surface area contributed by atoms with Gasteiger partial charge in [-0.3, -0.25) is 14.2 Å². The molecule has 1 amide bonds. The van der Waals surface area contributed by atoms with Crippen LogP contribution in [0, 0.1) is 13.8 Å². The Hall–Kier alpha value is -3.06. The average molecular weight is 422 g/mol. The number of benzene rings is 2. The molecular formula is C23H23N3O3S. The van der Waals surface area contributed by atoms with E-state index in [0.29, 0.717) is 22.8 Å². The second-order valence-electron chi connectivity index (χ2n) is 7.23. The minimum Gasteiger partial charge on any atom is -0.448 e. The second kappa shape index (κ2) is 8.36. The van der Waals surface area contributed by atoms with Crippen LogP contribution in [0.25, 0.3) is 22.1 Å². The Kier molecular flexibility index (Phi) is 5.63. The summed E-state index contributed by atoms with van der Waals surface area (Å²) in [6.45, 7) is 6.44. The van der Waals surface area contributed by atoms with Gasteiger partial charge in [0.2, 0.25) is 11.5 Å². The number of thioether (sulfide) groups is 1. The van der Waals surface area contributed by atoms with Gasteiger partial charge in [-0.2, -0.15) is 0 Å². The van der Waals surface area contributed by atoms with Gasteiger partial charge in [0, 0.05) is 17.6 Å². The van der Waals surface area contributed by atoms with Crippen LogP contribution in [0.4, 0.5) is 5.69 Å². The lowest BCUT2D eigenvalue weighted by Crippen LogP contribution is -2.24. The lowest BCUT2D eigenvalue weighted by Gasteiger charge is -2.13. The number of hydrogen-bond donors (Lipinski definition) is 1. The molecule has 0 spiro atoms. The van der Waals surface area contributed by atoms with Gasteiger partial charge < -0.3 is 9.73 Å². The Bertz CT molecular complexity index is 1290. The minimum atomic E-state index is -0.212. The SMILES string of the molecule is CCCn1c(SCC(=O)Nc2c(C)cccc2C)nc2c(oc3ccccc32)c1=O. The molecule has 154 valence electrons. The number of amides is 1. The standard InChI is InChI=1S/C23H23N3O3S/c1-4-12-26-22(28)21-20(16-10-5-6-11-17(16)29-21)25-23(26)30-13-18(27)24-19-14(2)8-7-9-15(19)3/h5-11H,4,12-13H2,1-3H3,(H,24,27). The topological polar surface area (TPSA) is 77.1 Å². The van der Waals surface area contributed by atoms with Crippen LogP contribution in [0.5, 0.6) is 0 Å². The van der Waals surface area contributed by atoms with E-state index in [-0.39, 0.29) is 22.8 Å². The number of para-hydroxylation sites is 2. The van der Waals surface area contributed by atoms with E-state index < -0.39 is 0 Å². The van der Waals surface area contributed by atoms with Crippen LogP contribution in [0.1, 0.15) is 24.5 Å². The van der Waals surface area contributed by atoms with E-state index in [4.69, 9.17) is 9.40 Å². The zero-order valence-corrected chi connectivity index (χ0v) is 18.0. The zero-order valence-electron chi connectivity index (χ0n) is 17.2. The molecule has 0 fully saturated rings. The quantitative estimate of drug-likeness (QED) is 0.354. The van der Waals surface area contributed by atoms with Crippen molar-refractivity contribution in [2.45, 2.75) is 38.9 Å². The minimum absolute atomic E-state index is 0.133. The fourth-order valence-corrected chi connectivity index (χ4v) is 4.32. The number of hydrogen-bond acceptors (Lipinski definition) is 5. The fraction of sp³-hybridized carbons (Fsp3) is 0.261. The van der Waals surface area contributed by atoms with Gasteiger partial charge >= 0.3 is 0 Å². The van der Waals surface area contributed by atoms with Crippen molar-refractivity contribution in [3.05, 3.63) is 63.9 Å². The molecule has 1 N–H and O–H groups in total. The molecule has 0 saturated heterocycles. The number of anilines is 1. The molecule has 0 aliphatic heterocycles. The first-order chi connectivity index (χ1) is 14.5. The number of furan rings is 1. The van der Waals surface area contributed by atoms with E-state index >= 15 is 0 Å². The van der Waals surface area contributed by atoms with Crippen molar-refractivity contribution in [3.8, 4) is 0 Å².